The predicted molar refractivity (Wildman–Crippen MR) is 86.1 cm³/mol. The van der Waals surface area contributed by atoms with Gasteiger partial charge in [0.15, 0.2) is 11.8 Å². The molecule has 6 heteroatoms. The third-order valence-corrected chi connectivity index (χ3v) is 4.10. The number of carbonyl (C=O) groups excluding carboxylic acids is 1. The van der Waals surface area contributed by atoms with Gasteiger partial charge in [0.1, 0.15) is 0 Å². The van der Waals surface area contributed by atoms with E-state index in [2.05, 4.69) is 20.5 Å². The number of aromatic amines is 1. The molecular weight excluding hydrogens is 292 g/mol. The largest absolute Gasteiger partial charge is 0.363 e. The summed E-state index contributed by atoms with van der Waals surface area (Å²) in [7, 11) is 0. The Balaban J connectivity index is 1.61. The van der Waals surface area contributed by atoms with Crippen molar-refractivity contribution in [2.45, 2.75) is 19.4 Å². The van der Waals surface area contributed by atoms with E-state index in [1.165, 1.54) is 0 Å². The van der Waals surface area contributed by atoms with E-state index in [1.54, 1.807) is 6.20 Å². The molecule has 0 aliphatic carbocycles. The minimum atomic E-state index is -0.582. The fraction of sp³-hybridized carbons (Fsp3) is 0.235. The van der Waals surface area contributed by atoms with Gasteiger partial charge in [-0.15, -0.1) is 0 Å². The molecule has 1 aromatic carbocycles. The van der Waals surface area contributed by atoms with Gasteiger partial charge in [0.2, 0.25) is 0 Å². The summed E-state index contributed by atoms with van der Waals surface area (Å²) < 4.78 is 5.68. The highest BCUT2D eigenvalue weighted by atomic mass is 16.5. The average molecular weight is 308 g/mol. The molecule has 23 heavy (non-hydrogen) atoms. The lowest BCUT2D eigenvalue weighted by Crippen LogP contribution is -2.28. The number of ether oxygens (including phenoxy) is 1. The zero-order valence-corrected chi connectivity index (χ0v) is 12.7. The third-order valence-electron chi connectivity index (χ3n) is 4.10. The minimum Gasteiger partial charge on any atom is -0.363 e. The zero-order chi connectivity index (χ0) is 15.8. The van der Waals surface area contributed by atoms with Crippen LogP contribution in [0.1, 0.15) is 22.9 Å². The van der Waals surface area contributed by atoms with E-state index in [-0.39, 0.29) is 5.91 Å². The lowest BCUT2D eigenvalue weighted by Gasteiger charge is -2.25. The van der Waals surface area contributed by atoms with Gasteiger partial charge in [-0.3, -0.25) is 9.89 Å². The first-order valence-corrected chi connectivity index (χ1v) is 7.53. The van der Waals surface area contributed by atoms with Crippen LogP contribution in [0.2, 0.25) is 0 Å². The molecule has 2 N–H and O–H groups in total. The Morgan fingerprint density at radius 3 is 3.17 bits per heavy atom. The molecular formula is C17H16N4O2. The molecule has 2 aromatic heterocycles. The number of hydrogen-bond donors (Lipinski definition) is 2. The number of rotatable bonds is 2. The molecule has 3 heterocycles. The molecule has 1 aliphatic heterocycles. The number of nitrogens with one attached hydrogen (secondary N) is 2. The molecule has 0 unspecified atom stereocenters. The molecule has 0 saturated heterocycles. The maximum atomic E-state index is 12.6. The van der Waals surface area contributed by atoms with E-state index in [0.29, 0.717) is 17.9 Å². The van der Waals surface area contributed by atoms with Crippen LogP contribution < -0.4 is 5.32 Å². The lowest BCUT2D eigenvalue weighted by atomic mass is 9.97. The van der Waals surface area contributed by atoms with Crippen LogP contribution in [-0.4, -0.2) is 27.7 Å². The van der Waals surface area contributed by atoms with Crippen LogP contribution in [-0.2, 0) is 16.0 Å². The van der Waals surface area contributed by atoms with Gasteiger partial charge in [-0.1, -0.05) is 24.3 Å². The second-order valence-corrected chi connectivity index (χ2v) is 5.63. The second kappa shape index (κ2) is 5.48. The maximum Gasteiger partial charge on any atom is 0.258 e. The van der Waals surface area contributed by atoms with Crippen molar-refractivity contribution in [3.05, 3.63) is 53.3 Å². The van der Waals surface area contributed by atoms with E-state index < -0.39 is 6.10 Å². The molecule has 0 fully saturated rings. The Morgan fingerprint density at radius 1 is 1.39 bits per heavy atom. The third kappa shape index (κ3) is 2.47. The molecule has 0 spiro atoms. The van der Waals surface area contributed by atoms with Crippen molar-refractivity contribution < 1.29 is 9.53 Å². The minimum absolute atomic E-state index is 0.181. The summed E-state index contributed by atoms with van der Waals surface area (Å²) in [5, 5.41) is 10.8. The van der Waals surface area contributed by atoms with E-state index in [4.69, 9.17) is 4.74 Å². The van der Waals surface area contributed by atoms with Crippen LogP contribution in [0.15, 0.2) is 36.5 Å². The summed E-state index contributed by atoms with van der Waals surface area (Å²) in [5.41, 5.74) is 4.30. The number of benzene rings is 1. The predicted octanol–water partition coefficient (Wildman–Crippen LogP) is 2.52. The van der Waals surface area contributed by atoms with Crippen LogP contribution in [0.25, 0.3) is 11.0 Å². The number of carbonyl (C=O) groups is 1. The number of nitrogens with zero attached hydrogens (tertiary/aromatic N) is 2. The van der Waals surface area contributed by atoms with Crippen molar-refractivity contribution in [1.82, 2.24) is 15.2 Å². The first-order valence-electron chi connectivity index (χ1n) is 7.53. The van der Waals surface area contributed by atoms with Gasteiger partial charge in [-0.05, 0) is 30.5 Å². The summed E-state index contributed by atoms with van der Waals surface area (Å²) >= 11 is 0. The van der Waals surface area contributed by atoms with Crippen LogP contribution in [0.3, 0.4) is 0 Å². The van der Waals surface area contributed by atoms with Crippen molar-refractivity contribution in [3.8, 4) is 0 Å². The number of pyridine rings is 1. The fourth-order valence-electron chi connectivity index (χ4n) is 2.91. The topological polar surface area (TPSA) is 79.9 Å². The molecule has 0 saturated carbocycles. The van der Waals surface area contributed by atoms with Crippen molar-refractivity contribution >= 4 is 22.6 Å². The van der Waals surface area contributed by atoms with E-state index in [9.17, 15) is 4.79 Å². The smallest absolute Gasteiger partial charge is 0.258 e. The van der Waals surface area contributed by atoms with Crippen molar-refractivity contribution in [2.24, 2.45) is 0 Å². The number of H-pyrrole nitrogens is 1. The highest BCUT2D eigenvalue weighted by Gasteiger charge is 2.27. The highest BCUT2D eigenvalue weighted by molar-refractivity contribution is 5.96. The average Bonchev–Trinajstić information content (AvgIpc) is 2.95. The molecule has 0 radical (unpaired) electrons. The molecule has 3 aromatic rings. The van der Waals surface area contributed by atoms with E-state index in [1.807, 2.05) is 37.3 Å². The zero-order valence-electron chi connectivity index (χ0n) is 12.7. The molecule has 4 rings (SSSR count). The van der Waals surface area contributed by atoms with Crippen LogP contribution in [0.4, 0.5) is 5.69 Å². The number of aryl methyl sites for hydroxylation is 1. The SMILES string of the molecule is Cc1[nH]nc2ncc(NC(=O)[C@H]3OCCc4ccccc43)cc12. The molecule has 1 atom stereocenters. The summed E-state index contributed by atoms with van der Waals surface area (Å²) in [6.07, 6.45) is 1.86. The fourth-order valence-corrected chi connectivity index (χ4v) is 2.91. The first kappa shape index (κ1) is 13.9. The standard InChI is InChI=1S/C17H16N4O2/c1-10-14-8-12(9-18-16(14)21-20-10)19-17(22)15-13-5-3-2-4-11(13)6-7-23-15/h2-5,8-9,15H,6-7H2,1H3,(H,19,22)(H,18,20,21)/t15-/m0/s1. The van der Waals surface area contributed by atoms with Gasteiger partial charge in [0.05, 0.1) is 18.5 Å². The van der Waals surface area contributed by atoms with Crippen molar-refractivity contribution in [2.75, 3.05) is 11.9 Å². The van der Waals surface area contributed by atoms with Crippen molar-refractivity contribution in [1.29, 1.82) is 0 Å². The van der Waals surface area contributed by atoms with Crippen LogP contribution in [0.5, 0.6) is 0 Å². The summed E-state index contributed by atoms with van der Waals surface area (Å²) in [4.78, 5) is 16.8. The number of hydrogen-bond acceptors (Lipinski definition) is 4. The van der Waals surface area contributed by atoms with E-state index in [0.717, 1.165) is 28.6 Å². The van der Waals surface area contributed by atoms with Gasteiger partial charge in [-0.25, -0.2) is 4.98 Å². The van der Waals surface area contributed by atoms with Gasteiger partial charge < -0.3 is 10.1 Å². The van der Waals surface area contributed by atoms with Gasteiger partial charge in [0, 0.05) is 11.1 Å². The van der Waals surface area contributed by atoms with Gasteiger partial charge >= 0.3 is 0 Å². The molecule has 1 aliphatic rings. The lowest BCUT2D eigenvalue weighted by molar-refractivity contribution is -0.128. The second-order valence-electron chi connectivity index (χ2n) is 5.63. The molecule has 6 nitrogen and oxygen atoms in total. The Hall–Kier alpha value is -2.73. The summed E-state index contributed by atoms with van der Waals surface area (Å²) in [6, 6.07) is 9.77. The Morgan fingerprint density at radius 2 is 2.26 bits per heavy atom. The highest BCUT2D eigenvalue weighted by Crippen LogP contribution is 2.28. The monoisotopic (exact) mass is 308 g/mol. The Bertz CT molecular complexity index is 887. The number of aromatic nitrogens is 3. The van der Waals surface area contributed by atoms with Crippen LogP contribution >= 0.6 is 0 Å². The van der Waals surface area contributed by atoms with E-state index >= 15 is 0 Å². The molecule has 0 bridgehead atoms. The number of anilines is 1. The first-order chi connectivity index (χ1) is 11.2. The summed E-state index contributed by atoms with van der Waals surface area (Å²) in [6.45, 7) is 2.47. The van der Waals surface area contributed by atoms with Crippen molar-refractivity contribution in [3.63, 3.8) is 0 Å². The Labute approximate surface area is 132 Å². The molecule has 116 valence electrons. The van der Waals surface area contributed by atoms with Gasteiger partial charge in [0.25, 0.3) is 5.91 Å². The maximum absolute atomic E-state index is 12.6. The van der Waals surface area contributed by atoms with Gasteiger partial charge in [-0.2, -0.15) is 5.10 Å². The quantitative estimate of drug-likeness (QED) is 0.762. The van der Waals surface area contributed by atoms with Crippen LogP contribution in [0, 0.1) is 6.92 Å². The number of fused-ring (bicyclic) bond motifs is 2. The Kier molecular flexibility index (Phi) is 3.31. The summed E-state index contributed by atoms with van der Waals surface area (Å²) in [5.74, 6) is -0.181. The molecule has 1 amide bonds. The number of amides is 1. The normalized spacial score (nSPS) is 17.0.